The van der Waals surface area contributed by atoms with E-state index in [1.54, 1.807) is 18.2 Å². The van der Waals surface area contributed by atoms with Crippen LogP contribution in [0.2, 0.25) is 5.02 Å². The van der Waals surface area contributed by atoms with Crippen molar-refractivity contribution in [1.82, 2.24) is 0 Å². The summed E-state index contributed by atoms with van der Waals surface area (Å²) in [5, 5.41) is 3.42. The van der Waals surface area contributed by atoms with Crippen molar-refractivity contribution in [3.8, 4) is 5.75 Å². The molecule has 0 saturated carbocycles. The molecule has 0 amide bonds. The minimum atomic E-state index is -0.589. The monoisotopic (exact) mass is 283 g/mol. The lowest BCUT2D eigenvalue weighted by Crippen LogP contribution is -2.05. The van der Waals surface area contributed by atoms with Crippen LogP contribution < -0.4 is 10.1 Å². The molecule has 1 N–H and O–H groups in total. The molecule has 19 heavy (non-hydrogen) atoms. The standard InChI is InChI=1S/C14H12ClF2NO/c1-19-14-6-5-9(15)7-13(14)18-8-10-11(16)3-2-4-12(10)17/h2-7,18H,8H2,1H3. The van der Waals surface area contributed by atoms with Crippen LogP contribution in [0, 0.1) is 11.6 Å². The van der Waals surface area contributed by atoms with Gasteiger partial charge in [-0.1, -0.05) is 17.7 Å². The molecule has 5 heteroatoms. The van der Waals surface area contributed by atoms with Gasteiger partial charge in [0.05, 0.1) is 12.8 Å². The van der Waals surface area contributed by atoms with Crippen LogP contribution in [-0.2, 0) is 6.54 Å². The maximum absolute atomic E-state index is 13.5. The van der Waals surface area contributed by atoms with Crippen molar-refractivity contribution in [1.29, 1.82) is 0 Å². The topological polar surface area (TPSA) is 21.3 Å². The minimum Gasteiger partial charge on any atom is -0.495 e. The van der Waals surface area contributed by atoms with E-state index >= 15 is 0 Å². The van der Waals surface area contributed by atoms with Crippen molar-refractivity contribution in [3.05, 3.63) is 58.6 Å². The highest BCUT2D eigenvalue weighted by Crippen LogP contribution is 2.28. The molecule has 0 aliphatic heterocycles. The summed E-state index contributed by atoms with van der Waals surface area (Å²) in [5.74, 6) is -0.622. The van der Waals surface area contributed by atoms with E-state index in [-0.39, 0.29) is 12.1 Å². The Bertz CT molecular complexity index is 569. The van der Waals surface area contributed by atoms with Gasteiger partial charge in [0.2, 0.25) is 0 Å². The fraction of sp³-hybridized carbons (Fsp3) is 0.143. The lowest BCUT2D eigenvalue weighted by atomic mass is 10.2. The smallest absolute Gasteiger partial charge is 0.142 e. The van der Waals surface area contributed by atoms with Gasteiger partial charge in [-0.2, -0.15) is 0 Å². The Morgan fingerprint density at radius 1 is 1.16 bits per heavy atom. The summed E-state index contributed by atoms with van der Waals surface area (Å²) in [4.78, 5) is 0. The fourth-order valence-electron chi connectivity index (χ4n) is 1.70. The van der Waals surface area contributed by atoms with Crippen molar-refractivity contribution in [2.45, 2.75) is 6.54 Å². The molecule has 0 aromatic heterocycles. The van der Waals surface area contributed by atoms with Gasteiger partial charge in [0.15, 0.2) is 0 Å². The van der Waals surface area contributed by atoms with Gasteiger partial charge in [-0.05, 0) is 30.3 Å². The van der Waals surface area contributed by atoms with Gasteiger partial charge in [-0.15, -0.1) is 0 Å². The van der Waals surface area contributed by atoms with E-state index in [2.05, 4.69) is 5.32 Å². The molecule has 0 heterocycles. The number of anilines is 1. The first-order valence-electron chi connectivity index (χ1n) is 5.62. The van der Waals surface area contributed by atoms with E-state index in [1.807, 2.05) is 0 Å². The number of nitrogens with one attached hydrogen (secondary N) is 1. The maximum atomic E-state index is 13.5. The van der Waals surface area contributed by atoms with Gasteiger partial charge >= 0.3 is 0 Å². The lowest BCUT2D eigenvalue weighted by molar-refractivity contribution is 0.416. The molecule has 2 nitrogen and oxygen atoms in total. The van der Waals surface area contributed by atoms with E-state index in [0.717, 1.165) is 0 Å². The highest BCUT2D eigenvalue weighted by molar-refractivity contribution is 6.30. The Morgan fingerprint density at radius 2 is 1.84 bits per heavy atom. The Hall–Kier alpha value is -1.81. The second kappa shape index (κ2) is 5.89. The number of hydrogen-bond donors (Lipinski definition) is 1. The van der Waals surface area contributed by atoms with Crippen molar-refractivity contribution in [2.24, 2.45) is 0 Å². The van der Waals surface area contributed by atoms with Crippen molar-refractivity contribution >= 4 is 17.3 Å². The maximum Gasteiger partial charge on any atom is 0.142 e. The second-order valence-electron chi connectivity index (χ2n) is 3.90. The summed E-state index contributed by atoms with van der Waals surface area (Å²) in [6.45, 7) is 0.00914. The predicted octanol–water partition coefficient (Wildman–Crippen LogP) is 4.24. The normalized spacial score (nSPS) is 10.3. The highest BCUT2D eigenvalue weighted by atomic mass is 35.5. The molecule has 0 aliphatic rings. The lowest BCUT2D eigenvalue weighted by Gasteiger charge is -2.12. The van der Waals surface area contributed by atoms with Crippen molar-refractivity contribution in [2.75, 3.05) is 12.4 Å². The molecule has 0 radical (unpaired) electrons. The van der Waals surface area contributed by atoms with Crippen molar-refractivity contribution < 1.29 is 13.5 Å². The number of methoxy groups -OCH3 is 1. The first-order valence-corrected chi connectivity index (χ1v) is 6.00. The molecular weight excluding hydrogens is 272 g/mol. The van der Waals surface area contributed by atoms with Crippen LogP contribution in [0.25, 0.3) is 0 Å². The molecule has 2 aromatic carbocycles. The average Bonchev–Trinajstić information content (AvgIpc) is 2.38. The SMILES string of the molecule is COc1ccc(Cl)cc1NCc1c(F)cccc1F. The van der Waals surface area contributed by atoms with Gasteiger partial charge in [-0.3, -0.25) is 0 Å². The molecule has 0 fully saturated rings. The number of halogens is 3. The summed E-state index contributed by atoms with van der Waals surface area (Å²) >= 11 is 5.87. The van der Waals surface area contributed by atoms with E-state index in [0.29, 0.717) is 16.5 Å². The van der Waals surface area contributed by atoms with Crippen LogP contribution in [0.4, 0.5) is 14.5 Å². The Balaban J connectivity index is 2.21. The van der Waals surface area contributed by atoms with Crippen LogP contribution in [0.1, 0.15) is 5.56 Å². The molecule has 100 valence electrons. The quantitative estimate of drug-likeness (QED) is 0.906. The summed E-state index contributed by atoms with van der Waals surface area (Å²) in [5.41, 5.74) is 0.558. The van der Waals surface area contributed by atoms with E-state index < -0.39 is 11.6 Å². The number of rotatable bonds is 4. The fourth-order valence-corrected chi connectivity index (χ4v) is 1.88. The van der Waals surface area contributed by atoms with Crippen LogP contribution >= 0.6 is 11.6 Å². The molecule has 2 rings (SSSR count). The van der Waals surface area contributed by atoms with E-state index in [9.17, 15) is 8.78 Å². The zero-order chi connectivity index (χ0) is 13.8. The zero-order valence-corrected chi connectivity index (χ0v) is 11.0. The third kappa shape index (κ3) is 3.15. The van der Waals surface area contributed by atoms with Crippen LogP contribution in [0.5, 0.6) is 5.75 Å². The van der Waals surface area contributed by atoms with Gasteiger partial charge < -0.3 is 10.1 Å². The number of benzene rings is 2. The second-order valence-corrected chi connectivity index (χ2v) is 4.33. The Morgan fingerprint density at radius 3 is 2.47 bits per heavy atom. The number of hydrogen-bond acceptors (Lipinski definition) is 2. The minimum absolute atomic E-state index is 0.00914. The first-order chi connectivity index (χ1) is 9.11. The molecule has 0 spiro atoms. The molecule has 0 aliphatic carbocycles. The number of ether oxygens (including phenoxy) is 1. The molecule has 0 saturated heterocycles. The average molecular weight is 284 g/mol. The van der Waals surface area contributed by atoms with Crippen LogP contribution in [0.3, 0.4) is 0 Å². The Kier molecular flexibility index (Phi) is 4.22. The molecule has 0 unspecified atom stereocenters. The molecule has 0 atom stereocenters. The van der Waals surface area contributed by atoms with Crippen LogP contribution in [0.15, 0.2) is 36.4 Å². The zero-order valence-electron chi connectivity index (χ0n) is 10.2. The van der Waals surface area contributed by atoms with Crippen LogP contribution in [-0.4, -0.2) is 7.11 Å². The molecule has 0 bridgehead atoms. The Labute approximate surface area is 115 Å². The first kappa shape index (κ1) is 13.6. The summed E-state index contributed by atoms with van der Waals surface area (Å²) in [7, 11) is 1.51. The van der Waals surface area contributed by atoms with Gasteiger partial charge in [-0.25, -0.2) is 8.78 Å². The molecule has 2 aromatic rings. The van der Waals surface area contributed by atoms with Crippen molar-refractivity contribution in [3.63, 3.8) is 0 Å². The highest BCUT2D eigenvalue weighted by Gasteiger charge is 2.09. The summed E-state index contributed by atoms with van der Waals surface area (Å²) in [6.07, 6.45) is 0. The summed E-state index contributed by atoms with van der Waals surface area (Å²) < 4.78 is 32.1. The third-order valence-electron chi connectivity index (χ3n) is 2.68. The third-order valence-corrected chi connectivity index (χ3v) is 2.91. The van der Waals surface area contributed by atoms with Gasteiger partial charge in [0.25, 0.3) is 0 Å². The van der Waals surface area contributed by atoms with E-state index in [4.69, 9.17) is 16.3 Å². The molecular formula is C14H12ClF2NO. The van der Waals surface area contributed by atoms with Gasteiger partial charge in [0.1, 0.15) is 17.4 Å². The predicted molar refractivity (Wildman–Crippen MR) is 71.7 cm³/mol. The van der Waals surface area contributed by atoms with Gasteiger partial charge in [0, 0.05) is 17.1 Å². The van der Waals surface area contributed by atoms with E-state index in [1.165, 1.54) is 25.3 Å². The summed E-state index contributed by atoms with van der Waals surface area (Å²) in [6, 6.07) is 8.76. The largest absolute Gasteiger partial charge is 0.495 e.